The van der Waals surface area contributed by atoms with Gasteiger partial charge in [0, 0.05) is 42.1 Å². The van der Waals surface area contributed by atoms with Crippen molar-refractivity contribution in [1.29, 1.82) is 0 Å². The molecular formula is C31H45N19. The Balaban J connectivity index is 0.000000301. The Morgan fingerprint density at radius 2 is 0.940 bits per heavy atom. The molecule has 0 fully saturated rings. The number of anilines is 13. The van der Waals surface area contributed by atoms with Crippen LogP contribution in [-0.2, 0) is 0 Å². The van der Waals surface area contributed by atoms with Gasteiger partial charge in [-0.3, -0.25) is 9.97 Å². The SMILES string of the molecule is Cc1cc(N)ncc1N.Nc1cc(N)nc(N)c1.Nc1ccc(N)c(N)n1.Nc1cccc(N)n1.Nc1ccncc1.Nc1ccncc1N. The molecule has 26 N–H and O–H groups in total. The summed E-state index contributed by atoms with van der Waals surface area (Å²) in [4.78, 5) is 22.4. The van der Waals surface area contributed by atoms with Crippen molar-refractivity contribution in [2.75, 3.05) is 74.5 Å². The van der Waals surface area contributed by atoms with Crippen molar-refractivity contribution in [3.8, 4) is 0 Å². The zero-order valence-corrected chi connectivity index (χ0v) is 27.4. The highest BCUT2D eigenvalue weighted by Crippen LogP contribution is 2.12. The number of nitrogens with zero attached hydrogens (tertiary/aromatic N) is 6. The van der Waals surface area contributed by atoms with Gasteiger partial charge in [0.2, 0.25) is 0 Å². The Labute approximate surface area is 289 Å². The summed E-state index contributed by atoms with van der Waals surface area (Å²) in [5.41, 5.74) is 73.8. The number of hydrogen-bond acceptors (Lipinski definition) is 19. The maximum atomic E-state index is 5.47. The number of nitrogens with two attached hydrogens (primary N) is 13. The molecule has 0 amide bonds. The molecule has 0 unspecified atom stereocenters. The minimum absolute atomic E-state index is 0.287. The number of nitrogen functional groups attached to an aromatic ring is 13. The van der Waals surface area contributed by atoms with Gasteiger partial charge in [0.1, 0.15) is 40.7 Å². The highest BCUT2D eigenvalue weighted by atomic mass is 14.9. The van der Waals surface area contributed by atoms with Crippen molar-refractivity contribution in [3.63, 3.8) is 0 Å². The number of aryl methyl sites for hydroxylation is 1. The Morgan fingerprint density at radius 1 is 0.400 bits per heavy atom. The Morgan fingerprint density at radius 3 is 1.30 bits per heavy atom. The molecule has 19 heteroatoms. The first kappa shape index (κ1) is 40.3. The molecule has 0 saturated carbocycles. The fourth-order valence-electron chi connectivity index (χ4n) is 2.94. The van der Waals surface area contributed by atoms with Crippen molar-refractivity contribution in [3.05, 3.63) is 103 Å². The van der Waals surface area contributed by atoms with Gasteiger partial charge in [0.05, 0.1) is 35.1 Å². The number of hydrogen-bond donors (Lipinski definition) is 13. The second kappa shape index (κ2) is 21.2. The first-order valence-corrected chi connectivity index (χ1v) is 14.2. The van der Waals surface area contributed by atoms with Crippen molar-refractivity contribution in [2.24, 2.45) is 0 Å². The summed E-state index contributed by atoms with van der Waals surface area (Å²) in [6.07, 6.45) is 8.01. The minimum Gasteiger partial charge on any atom is -0.399 e. The lowest BCUT2D eigenvalue weighted by molar-refractivity contribution is 1.30. The van der Waals surface area contributed by atoms with Crippen LogP contribution >= 0.6 is 0 Å². The van der Waals surface area contributed by atoms with Gasteiger partial charge in [-0.15, -0.1) is 0 Å². The zero-order valence-electron chi connectivity index (χ0n) is 27.4. The monoisotopic (exact) mass is 683 g/mol. The molecule has 0 aromatic carbocycles. The Bertz CT molecular complexity index is 1730. The van der Waals surface area contributed by atoms with Crippen LogP contribution in [-0.4, -0.2) is 29.9 Å². The van der Waals surface area contributed by atoms with Gasteiger partial charge >= 0.3 is 0 Å². The molecule has 0 aliphatic rings. The molecule has 6 rings (SSSR count). The lowest BCUT2D eigenvalue weighted by atomic mass is 10.2. The predicted octanol–water partition coefficient (Wildman–Crippen LogP) is 1.37. The summed E-state index contributed by atoms with van der Waals surface area (Å²) >= 11 is 0. The molecule has 0 saturated heterocycles. The van der Waals surface area contributed by atoms with E-state index in [1.807, 2.05) is 6.92 Å². The second-order valence-electron chi connectivity index (χ2n) is 9.70. The third-order valence-electron chi connectivity index (χ3n) is 5.42. The zero-order chi connectivity index (χ0) is 37.6. The summed E-state index contributed by atoms with van der Waals surface area (Å²) in [5, 5.41) is 0. The smallest absolute Gasteiger partial charge is 0.149 e. The highest BCUT2D eigenvalue weighted by Gasteiger charge is 1.94. The largest absolute Gasteiger partial charge is 0.399 e. The second-order valence-corrected chi connectivity index (χ2v) is 9.70. The molecule has 0 aliphatic carbocycles. The Kier molecular flexibility index (Phi) is 17.1. The third-order valence-corrected chi connectivity index (χ3v) is 5.42. The standard InChI is InChI=1S/C6H9N3.2C5H8N4.2C5H7N3.C5H6N2/c1-4-2-6(8)9-3-5(4)7;6-3-1-4(7)9-5(8)2-3;6-3-1-2-4(7)9-5(3)8;6-4-1-2-8-3-5(4)7;6-4-2-1-3-5(7)8-4;6-5-1-3-7-4-2-5/h2-3H,7H2,1H3,(H2,8,9);1-2H,(H6,6,7,8,9);1-2H,6H2,(H4,7,8,9);1-3H,7H2,(H2,6,8);1-3H,(H4,6,7,8);1-4H,(H2,6,7). The van der Waals surface area contributed by atoms with Crippen LogP contribution < -0.4 is 74.5 Å². The predicted molar refractivity (Wildman–Crippen MR) is 208 cm³/mol. The third kappa shape index (κ3) is 17.7. The normalized spacial score (nSPS) is 9.14. The van der Waals surface area contributed by atoms with E-state index in [4.69, 9.17) is 74.5 Å². The van der Waals surface area contributed by atoms with Gasteiger partial charge in [-0.2, -0.15) is 0 Å². The summed E-state index contributed by atoms with van der Waals surface area (Å²) < 4.78 is 0. The van der Waals surface area contributed by atoms with Crippen LogP contribution in [0.15, 0.2) is 97.7 Å². The molecular weight excluding hydrogens is 638 g/mol. The van der Waals surface area contributed by atoms with E-state index in [2.05, 4.69) is 29.9 Å². The lowest BCUT2D eigenvalue weighted by Crippen LogP contribution is -1.99. The van der Waals surface area contributed by atoms with Gasteiger partial charge in [-0.1, -0.05) is 6.07 Å². The topological polar surface area (TPSA) is 416 Å². The van der Waals surface area contributed by atoms with E-state index in [1.54, 1.807) is 91.5 Å². The van der Waals surface area contributed by atoms with Crippen LogP contribution in [0.4, 0.5) is 74.8 Å². The van der Waals surface area contributed by atoms with Crippen molar-refractivity contribution < 1.29 is 0 Å². The first-order chi connectivity index (χ1) is 23.6. The first-order valence-electron chi connectivity index (χ1n) is 14.2. The summed E-state index contributed by atoms with van der Waals surface area (Å²) in [6.45, 7) is 1.90. The average molecular weight is 684 g/mol. The van der Waals surface area contributed by atoms with Gasteiger partial charge in [-0.05, 0) is 61.0 Å². The van der Waals surface area contributed by atoms with Crippen molar-refractivity contribution in [1.82, 2.24) is 29.9 Å². The van der Waals surface area contributed by atoms with E-state index in [0.29, 0.717) is 63.3 Å². The number of rotatable bonds is 0. The van der Waals surface area contributed by atoms with E-state index in [9.17, 15) is 0 Å². The highest BCUT2D eigenvalue weighted by molar-refractivity contribution is 5.61. The van der Waals surface area contributed by atoms with Gasteiger partial charge in [0.15, 0.2) is 0 Å². The molecule has 0 aliphatic heterocycles. The average Bonchev–Trinajstić information content (AvgIpc) is 3.04. The van der Waals surface area contributed by atoms with E-state index >= 15 is 0 Å². The van der Waals surface area contributed by atoms with E-state index in [1.165, 1.54) is 6.20 Å². The summed E-state index contributed by atoms with van der Waals surface area (Å²) in [7, 11) is 0. The molecule has 0 atom stereocenters. The fourth-order valence-corrected chi connectivity index (χ4v) is 2.94. The van der Waals surface area contributed by atoms with Crippen LogP contribution in [0.3, 0.4) is 0 Å². The molecule has 6 aromatic rings. The summed E-state index contributed by atoms with van der Waals surface area (Å²) in [5.74, 6) is 2.83. The van der Waals surface area contributed by atoms with Crippen LogP contribution in [0.5, 0.6) is 0 Å². The van der Waals surface area contributed by atoms with Crippen molar-refractivity contribution >= 4 is 74.8 Å². The molecule has 6 aromatic heterocycles. The number of pyridine rings is 6. The minimum atomic E-state index is 0.287. The molecule has 0 radical (unpaired) electrons. The van der Waals surface area contributed by atoms with Gasteiger partial charge in [-0.25, -0.2) is 19.9 Å². The molecule has 6 heterocycles. The van der Waals surface area contributed by atoms with Crippen LogP contribution in [0, 0.1) is 6.92 Å². The van der Waals surface area contributed by atoms with Gasteiger partial charge < -0.3 is 74.5 Å². The van der Waals surface area contributed by atoms with Crippen LogP contribution in [0.1, 0.15) is 5.56 Å². The van der Waals surface area contributed by atoms with Gasteiger partial charge in [0.25, 0.3) is 0 Å². The summed E-state index contributed by atoms with van der Waals surface area (Å²) in [6, 6.07) is 18.4. The van der Waals surface area contributed by atoms with Crippen LogP contribution in [0.2, 0.25) is 0 Å². The van der Waals surface area contributed by atoms with E-state index < -0.39 is 0 Å². The lowest BCUT2D eigenvalue weighted by Gasteiger charge is -1.97. The fraction of sp³-hybridized carbons (Fsp3) is 0.0323. The quantitative estimate of drug-likeness (QED) is 0.107. The number of aromatic nitrogens is 6. The molecule has 19 nitrogen and oxygen atoms in total. The Hall–Kier alpha value is -7.70. The van der Waals surface area contributed by atoms with Crippen molar-refractivity contribution in [2.45, 2.75) is 6.92 Å². The maximum absolute atomic E-state index is 5.47. The maximum Gasteiger partial charge on any atom is 0.149 e. The molecule has 50 heavy (non-hydrogen) atoms. The van der Waals surface area contributed by atoms with E-state index in [-0.39, 0.29) is 5.82 Å². The van der Waals surface area contributed by atoms with Crippen LogP contribution in [0.25, 0.3) is 0 Å². The van der Waals surface area contributed by atoms with E-state index in [0.717, 1.165) is 11.3 Å². The molecule has 0 bridgehead atoms. The molecule has 264 valence electrons. The molecule has 0 spiro atoms.